The van der Waals surface area contributed by atoms with Crippen LogP contribution in [-0.4, -0.2) is 41.4 Å². The van der Waals surface area contributed by atoms with Gasteiger partial charge >= 0.3 is 29.6 Å². The van der Waals surface area contributed by atoms with Crippen LogP contribution in [0.4, 0.5) is 0 Å². The van der Waals surface area contributed by atoms with Gasteiger partial charge < -0.3 is 4.55 Å². The molecule has 0 bridgehead atoms. The van der Waals surface area contributed by atoms with Crippen molar-refractivity contribution >= 4 is 22.1 Å². The number of thioether (sulfide) groups is 1. The summed E-state index contributed by atoms with van der Waals surface area (Å²) in [5, 5.41) is 0. The fourth-order valence-electron chi connectivity index (χ4n) is 1.57. The quantitative estimate of drug-likeness (QED) is 0.414. The van der Waals surface area contributed by atoms with Gasteiger partial charge in [0.2, 0.25) is 0 Å². The Kier molecular flexibility index (Phi) is 7.31. The van der Waals surface area contributed by atoms with E-state index in [-0.39, 0.29) is 35.6 Å². The molecule has 0 aliphatic carbocycles. The van der Waals surface area contributed by atoms with Gasteiger partial charge in [0.25, 0.3) is 0 Å². The van der Waals surface area contributed by atoms with Crippen LogP contribution in [0.1, 0.15) is 19.8 Å². The Morgan fingerprint density at radius 3 is 2.29 bits per heavy atom. The van der Waals surface area contributed by atoms with Gasteiger partial charge in [-0.1, -0.05) is 6.92 Å². The van der Waals surface area contributed by atoms with Gasteiger partial charge in [0.1, 0.15) is 0 Å². The Bertz CT molecular complexity index is 252. The molecule has 1 heterocycles. The molecule has 0 aromatic rings. The molecule has 7 heteroatoms. The number of rotatable bonds is 3. The van der Waals surface area contributed by atoms with Crippen LogP contribution in [-0.2, 0) is 10.3 Å². The van der Waals surface area contributed by atoms with E-state index in [9.17, 15) is 13.0 Å². The third-order valence-electron chi connectivity index (χ3n) is 2.20. The van der Waals surface area contributed by atoms with E-state index in [4.69, 9.17) is 0 Å². The number of hydrogen-bond donors (Lipinski definition) is 0. The first-order chi connectivity index (χ1) is 6.05. The number of hydrogen-bond acceptors (Lipinski definition) is 4. The Labute approximate surface area is 112 Å². The zero-order chi connectivity index (χ0) is 9.90. The van der Waals surface area contributed by atoms with Crippen molar-refractivity contribution in [3.8, 4) is 0 Å². The number of nitrogens with zero attached hydrogens (tertiary/aromatic N) is 1. The van der Waals surface area contributed by atoms with Gasteiger partial charge in [-0.3, -0.25) is 0 Å². The van der Waals surface area contributed by atoms with Crippen molar-refractivity contribution in [3.05, 3.63) is 0 Å². The van der Waals surface area contributed by atoms with E-state index in [1.165, 1.54) is 0 Å². The molecule has 0 aromatic carbocycles. The Hall–Kier alpha value is 1.22. The van der Waals surface area contributed by atoms with E-state index in [1.54, 1.807) is 6.92 Å². The first-order valence-corrected chi connectivity index (χ1v) is 6.88. The van der Waals surface area contributed by atoms with Gasteiger partial charge in [-0.25, -0.2) is 12.7 Å². The molecular formula is C7H14NNaO3S2. The van der Waals surface area contributed by atoms with E-state index >= 15 is 0 Å². The van der Waals surface area contributed by atoms with Crippen molar-refractivity contribution in [1.82, 2.24) is 4.31 Å². The predicted octanol–water partition coefficient (Wildman–Crippen LogP) is -2.33. The third-order valence-corrected chi connectivity index (χ3v) is 4.38. The molecule has 78 valence electrons. The summed E-state index contributed by atoms with van der Waals surface area (Å²) in [4.78, 5) is 0. The van der Waals surface area contributed by atoms with E-state index in [1.807, 2.05) is 11.8 Å². The first kappa shape index (κ1) is 15.2. The van der Waals surface area contributed by atoms with Gasteiger partial charge in [0, 0.05) is 12.6 Å². The van der Waals surface area contributed by atoms with Crippen molar-refractivity contribution in [2.75, 3.05) is 18.1 Å². The SMILES string of the molecule is CCN(C1CCSCC1)S(=O)(=O)[O-].[Na+]. The topological polar surface area (TPSA) is 60.4 Å². The third kappa shape index (κ3) is 4.38. The average Bonchev–Trinajstić information content (AvgIpc) is 2.05. The molecule has 0 N–H and O–H groups in total. The second-order valence-electron chi connectivity index (χ2n) is 3.00. The molecule has 14 heavy (non-hydrogen) atoms. The summed E-state index contributed by atoms with van der Waals surface area (Å²) < 4.78 is 33.6. The summed E-state index contributed by atoms with van der Waals surface area (Å²) in [5.74, 6) is 1.91. The second kappa shape index (κ2) is 6.73. The predicted molar refractivity (Wildman–Crippen MR) is 52.4 cm³/mol. The minimum atomic E-state index is -4.24. The van der Waals surface area contributed by atoms with Crippen LogP contribution in [0.3, 0.4) is 0 Å². The molecule has 0 saturated carbocycles. The fraction of sp³-hybridized carbons (Fsp3) is 1.00. The summed E-state index contributed by atoms with van der Waals surface area (Å²) in [6.45, 7) is 2.00. The first-order valence-electron chi connectivity index (χ1n) is 4.36. The summed E-state index contributed by atoms with van der Waals surface area (Å²) >= 11 is 1.81. The molecule has 0 unspecified atom stereocenters. The maximum absolute atomic E-state index is 10.8. The Balaban J connectivity index is 0.00000169. The smallest absolute Gasteiger partial charge is 0.735 e. The van der Waals surface area contributed by atoms with E-state index in [0.29, 0.717) is 6.54 Å². The van der Waals surface area contributed by atoms with Crippen molar-refractivity contribution in [3.63, 3.8) is 0 Å². The van der Waals surface area contributed by atoms with Crippen molar-refractivity contribution in [1.29, 1.82) is 0 Å². The zero-order valence-corrected chi connectivity index (χ0v) is 12.2. The maximum atomic E-state index is 10.8. The molecule has 0 radical (unpaired) electrons. The molecule has 0 spiro atoms. The molecule has 1 saturated heterocycles. The van der Waals surface area contributed by atoms with Gasteiger partial charge in [-0.2, -0.15) is 11.8 Å². The van der Waals surface area contributed by atoms with Gasteiger partial charge in [0.15, 0.2) is 10.3 Å². The summed E-state index contributed by atoms with van der Waals surface area (Å²) in [6, 6.07) is -0.0613. The molecule has 4 nitrogen and oxygen atoms in total. The molecular weight excluding hydrogens is 233 g/mol. The average molecular weight is 247 g/mol. The van der Waals surface area contributed by atoms with E-state index in [0.717, 1.165) is 28.7 Å². The minimum Gasteiger partial charge on any atom is -0.735 e. The van der Waals surface area contributed by atoms with Crippen molar-refractivity contribution in [2.24, 2.45) is 0 Å². The molecule has 0 aromatic heterocycles. The van der Waals surface area contributed by atoms with Gasteiger partial charge in [-0.05, 0) is 24.3 Å². The Morgan fingerprint density at radius 2 is 1.93 bits per heavy atom. The van der Waals surface area contributed by atoms with Gasteiger partial charge in [-0.15, -0.1) is 0 Å². The van der Waals surface area contributed by atoms with Crippen LogP contribution in [0, 0.1) is 0 Å². The molecule has 0 amide bonds. The maximum Gasteiger partial charge on any atom is 1.00 e. The minimum absolute atomic E-state index is 0. The van der Waals surface area contributed by atoms with Crippen LogP contribution in [0.2, 0.25) is 0 Å². The molecule has 1 rings (SSSR count). The normalized spacial score (nSPS) is 19.4. The summed E-state index contributed by atoms with van der Waals surface area (Å²) in [7, 11) is -4.24. The van der Waals surface area contributed by atoms with Crippen LogP contribution >= 0.6 is 11.8 Å². The van der Waals surface area contributed by atoms with Crippen molar-refractivity contribution < 1.29 is 42.5 Å². The zero-order valence-electron chi connectivity index (χ0n) is 8.60. The molecule has 0 atom stereocenters. The molecule has 1 aliphatic rings. The summed E-state index contributed by atoms with van der Waals surface area (Å²) in [5.41, 5.74) is 0. The summed E-state index contributed by atoms with van der Waals surface area (Å²) in [6.07, 6.45) is 1.61. The van der Waals surface area contributed by atoms with Gasteiger partial charge in [0.05, 0.1) is 0 Å². The van der Waals surface area contributed by atoms with Crippen LogP contribution in [0.25, 0.3) is 0 Å². The van der Waals surface area contributed by atoms with E-state index < -0.39 is 10.3 Å². The largest absolute Gasteiger partial charge is 1.00 e. The second-order valence-corrected chi connectivity index (χ2v) is 5.55. The van der Waals surface area contributed by atoms with E-state index in [2.05, 4.69) is 0 Å². The fourth-order valence-corrected chi connectivity index (χ4v) is 3.55. The molecule has 1 fully saturated rings. The van der Waals surface area contributed by atoms with Crippen LogP contribution < -0.4 is 29.6 Å². The monoisotopic (exact) mass is 247 g/mol. The van der Waals surface area contributed by atoms with Crippen LogP contribution in [0.5, 0.6) is 0 Å². The van der Waals surface area contributed by atoms with Crippen molar-refractivity contribution in [2.45, 2.75) is 25.8 Å². The molecule has 1 aliphatic heterocycles. The standard InChI is InChI=1S/C7H15NO3S2.Na/c1-2-8(13(9,10)11)7-3-5-12-6-4-7;/h7H,2-6H2,1H3,(H,9,10,11);/q;+1/p-1. The van der Waals surface area contributed by atoms with Crippen LogP contribution in [0.15, 0.2) is 0 Å². The Morgan fingerprint density at radius 1 is 1.43 bits per heavy atom.